The number of hydrogen-bond donors (Lipinski definition) is 2. The van der Waals surface area contributed by atoms with Crippen LogP contribution in [0.3, 0.4) is 0 Å². The maximum Gasteiger partial charge on any atom is 0.162 e. The molecule has 0 saturated heterocycles. The van der Waals surface area contributed by atoms with Gasteiger partial charge >= 0.3 is 0 Å². The number of aryl methyl sites for hydroxylation is 1. The summed E-state index contributed by atoms with van der Waals surface area (Å²) in [6.07, 6.45) is 1.75. The monoisotopic (exact) mass is 389 g/mol. The lowest BCUT2D eigenvalue weighted by Crippen LogP contribution is -2.10. The number of nitrogens with one attached hydrogen (secondary N) is 2. The van der Waals surface area contributed by atoms with Crippen LogP contribution < -0.4 is 14.8 Å². The molecule has 0 bridgehead atoms. The van der Waals surface area contributed by atoms with Gasteiger partial charge in [0, 0.05) is 23.7 Å². The molecule has 0 aliphatic heterocycles. The zero-order chi connectivity index (χ0) is 20.4. The Morgan fingerprint density at radius 1 is 1.00 bits per heavy atom. The van der Waals surface area contributed by atoms with Crippen molar-refractivity contribution in [3.63, 3.8) is 0 Å². The lowest BCUT2D eigenvalue weighted by molar-refractivity contribution is 0.356. The molecule has 0 spiro atoms. The lowest BCUT2D eigenvalue weighted by Gasteiger charge is -2.18. The highest BCUT2D eigenvalue weighted by molar-refractivity contribution is 5.92. The molecule has 0 radical (unpaired) electrons. The number of H-pyrrole nitrogens is 1. The minimum absolute atomic E-state index is 0.0310. The van der Waals surface area contributed by atoms with Crippen molar-refractivity contribution in [2.24, 2.45) is 0 Å². The molecule has 2 N–H and O–H groups in total. The van der Waals surface area contributed by atoms with Crippen LogP contribution in [0.2, 0.25) is 0 Å². The predicted octanol–water partition coefficient (Wildman–Crippen LogP) is 4.52. The Morgan fingerprint density at radius 2 is 1.79 bits per heavy atom. The van der Waals surface area contributed by atoms with Gasteiger partial charge in [-0.1, -0.05) is 18.2 Å². The third-order valence-electron chi connectivity index (χ3n) is 4.86. The summed E-state index contributed by atoms with van der Waals surface area (Å²) in [5.74, 6) is 2.73. The SMILES string of the molecule is COc1cc2nc(C)nc(NC(C)c3cccc(-c4ccn[nH]4)c3)c2cc1OC. The van der Waals surface area contributed by atoms with Crippen molar-refractivity contribution in [1.82, 2.24) is 20.2 Å². The number of anilines is 1. The van der Waals surface area contributed by atoms with Crippen molar-refractivity contribution < 1.29 is 9.47 Å². The Morgan fingerprint density at radius 3 is 2.52 bits per heavy atom. The number of benzene rings is 2. The van der Waals surface area contributed by atoms with Gasteiger partial charge in [-0.3, -0.25) is 5.10 Å². The van der Waals surface area contributed by atoms with Crippen LogP contribution in [0.4, 0.5) is 5.82 Å². The molecule has 0 aliphatic carbocycles. The van der Waals surface area contributed by atoms with Crippen LogP contribution in [-0.2, 0) is 0 Å². The fraction of sp³-hybridized carbons (Fsp3) is 0.227. The van der Waals surface area contributed by atoms with Crippen molar-refractivity contribution in [3.05, 3.63) is 60.0 Å². The Kier molecular flexibility index (Phi) is 5.03. The van der Waals surface area contributed by atoms with Crippen LogP contribution in [0, 0.1) is 6.92 Å². The molecular weight excluding hydrogens is 366 g/mol. The normalized spacial score (nSPS) is 12.0. The summed E-state index contributed by atoms with van der Waals surface area (Å²) in [7, 11) is 3.24. The van der Waals surface area contributed by atoms with E-state index < -0.39 is 0 Å². The van der Waals surface area contributed by atoms with Gasteiger partial charge in [-0.05, 0) is 43.2 Å². The number of aromatic nitrogens is 4. The number of nitrogens with zero attached hydrogens (tertiary/aromatic N) is 3. The molecule has 0 fully saturated rings. The van der Waals surface area contributed by atoms with E-state index in [0.29, 0.717) is 17.3 Å². The van der Waals surface area contributed by atoms with E-state index in [9.17, 15) is 0 Å². The van der Waals surface area contributed by atoms with E-state index in [1.165, 1.54) is 0 Å². The summed E-state index contributed by atoms with van der Waals surface area (Å²) in [4.78, 5) is 9.19. The van der Waals surface area contributed by atoms with E-state index in [2.05, 4.69) is 50.6 Å². The summed E-state index contributed by atoms with van der Waals surface area (Å²) in [6, 6.07) is 14.1. The molecule has 0 aliphatic rings. The third kappa shape index (κ3) is 3.71. The van der Waals surface area contributed by atoms with Gasteiger partial charge in [-0.2, -0.15) is 5.10 Å². The topological polar surface area (TPSA) is 85.0 Å². The van der Waals surface area contributed by atoms with E-state index in [0.717, 1.165) is 33.5 Å². The van der Waals surface area contributed by atoms with E-state index in [-0.39, 0.29) is 6.04 Å². The summed E-state index contributed by atoms with van der Waals surface area (Å²) < 4.78 is 10.9. The van der Waals surface area contributed by atoms with Gasteiger partial charge in [-0.25, -0.2) is 9.97 Å². The molecule has 148 valence electrons. The average Bonchev–Trinajstić information content (AvgIpc) is 3.27. The number of ether oxygens (including phenoxy) is 2. The summed E-state index contributed by atoms with van der Waals surface area (Å²) in [5.41, 5.74) is 4.01. The second-order valence-electron chi connectivity index (χ2n) is 6.81. The molecule has 29 heavy (non-hydrogen) atoms. The average molecular weight is 389 g/mol. The van der Waals surface area contributed by atoms with Crippen LogP contribution in [0.5, 0.6) is 11.5 Å². The van der Waals surface area contributed by atoms with E-state index in [1.807, 2.05) is 31.2 Å². The Balaban J connectivity index is 1.71. The van der Waals surface area contributed by atoms with Crippen LogP contribution in [-0.4, -0.2) is 34.4 Å². The predicted molar refractivity (Wildman–Crippen MR) is 113 cm³/mol. The molecule has 2 heterocycles. The van der Waals surface area contributed by atoms with E-state index in [4.69, 9.17) is 9.47 Å². The van der Waals surface area contributed by atoms with Gasteiger partial charge in [0.2, 0.25) is 0 Å². The molecule has 1 unspecified atom stereocenters. The maximum atomic E-state index is 5.46. The smallest absolute Gasteiger partial charge is 0.162 e. The highest BCUT2D eigenvalue weighted by Crippen LogP contribution is 2.35. The first-order chi connectivity index (χ1) is 14.1. The molecule has 4 aromatic rings. The third-order valence-corrected chi connectivity index (χ3v) is 4.86. The van der Waals surface area contributed by atoms with Crippen LogP contribution in [0.25, 0.3) is 22.2 Å². The first-order valence-corrected chi connectivity index (χ1v) is 9.35. The second-order valence-corrected chi connectivity index (χ2v) is 6.81. The fourth-order valence-electron chi connectivity index (χ4n) is 3.36. The fourth-order valence-corrected chi connectivity index (χ4v) is 3.36. The minimum Gasteiger partial charge on any atom is -0.493 e. The van der Waals surface area contributed by atoms with Crippen molar-refractivity contribution in [1.29, 1.82) is 0 Å². The molecule has 0 saturated carbocycles. The van der Waals surface area contributed by atoms with Gasteiger partial charge in [0.15, 0.2) is 11.5 Å². The van der Waals surface area contributed by atoms with Gasteiger partial charge in [0.05, 0.1) is 25.4 Å². The van der Waals surface area contributed by atoms with Crippen molar-refractivity contribution in [3.8, 4) is 22.8 Å². The standard InChI is InChI=1S/C22H23N5O2/c1-13(15-6-5-7-16(10-15)18-8-9-23-27-18)24-22-17-11-20(28-3)21(29-4)12-19(17)25-14(2)26-22/h5-13H,1-4H3,(H,23,27)(H,24,25,26). The highest BCUT2D eigenvalue weighted by atomic mass is 16.5. The highest BCUT2D eigenvalue weighted by Gasteiger charge is 2.15. The molecule has 7 heteroatoms. The number of hydrogen-bond acceptors (Lipinski definition) is 6. The number of methoxy groups -OCH3 is 2. The number of fused-ring (bicyclic) bond motifs is 1. The maximum absolute atomic E-state index is 5.46. The summed E-state index contributed by atoms with van der Waals surface area (Å²) >= 11 is 0. The van der Waals surface area contributed by atoms with Crippen LogP contribution in [0.15, 0.2) is 48.7 Å². The van der Waals surface area contributed by atoms with Crippen molar-refractivity contribution in [2.45, 2.75) is 19.9 Å². The Hall–Kier alpha value is -3.61. The van der Waals surface area contributed by atoms with Gasteiger partial charge in [0.1, 0.15) is 11.6 Å². The molecule has 7 nitrogen and oxygen atoms in total. The molecule has 1 atom stereocenters. The van der Waals surface area contributed by atoms with E-state index >= 15 is 0 Å². The van der Waals surface area contributed by atoms with Crippen LogP contribution in [0.1, 0.15) is 24.4 Å². The largest absolute Gasteiger partial charge is 0.493 e. The second kappa shape index (κ2) is 7.79. The minimum atomic E-state index is 0.0310. The Labute approximate surface area is 169 Å². The zero-order valence-corrected chi connectivity index (χ0v) is 16.9. The molecule has 0 amide bonds. The summed E-state index contributed by atoms with van der Waals surface area (Å²) in [6.45, 7) is 3.99. The Bertz CT molecular complexity index is 1140. The number of rotatable bonds is 6. The van der Waals surface area contributed by atoms with E-state index in [1.54, 1.807) is 20.4 Å². The van der Waals surface area contributed by atoms with Crippen molar-refractivity contribution >= 4 is 16.7 Å². The molecule has 2 aromatic heterocycles. The van der Waals surface area contributed by atoms with Gasteiger partial charge < -0.3 is 14.8 Å². The van der Waals surface area contributed by atoms with Gasteiger partial charge in [0.25, 0.3) is 0 Å². The molecule has 4 rings (SSSR count). The van der Waals surface area contributed by atoms with Gasteiger partial charge in [-0.15, -0.1) is 0 Å². The zero-order valence-electron chi connectivity index (χ0n) is 16.9. The number of aromatic amines is 1. The van der Waals surface area contributed by atoms with Crippen molar-refractivity contribution in [2.75, 3.05) is 19.5 Å². The lowest BCUT2D eigenvalue weighted by atomic mass is 10.0. The van der Waals surface area contributed by atoms with Crippen LogP contribution >= 0.6 is 0 Å². The first kappa shape index (κ1) is 18.7. The molecule has 2 aromatic carbocycles. The quantitative estimate of drug-likeness (QED) is 0.504. The summed E-state index contributed by atoms with van der Waals surface area (Å²) in [5, 5.41) is 11.5. The first-order valence-electron chi connectivity index (χ1n) is 9.35. The molecular formula is C22H23N5O2.